The van der Waals surface area contributed by atoms with Crippen molar-refractivity contribution in [3.8, 4) is 0 Å². The number of carbonyl (C=O) groups is 1. The summed E-state index contributed by atoms with van der Waals surface area (Å²) in [6.45, 7) is 4.11. The number of nitrogens with zero attached hydrogens (tertiary/aromatic N) is 1. The van der Waals surface area contributed by atoms with E-state index in [9.17, 15) is 17.8 Å². The first-order valence-corrected chi connectivity index (χ1v) is 12.4. The van der Waals surface area contributed by atoms with Gasteiger partial charge >= 0.3 is 0 Å². The molecule has 0 aromatic heterocycles. The van der Waals surface area contributed by atoms with Gasteiger partial charge < -0.3 is 4.55 Å². The molecule has 0 spiro atoms. The summed E-state index contributed by atoms with van der Waals surface area (Å²) in [6, 6.07) is 0. The van der Waals surface area contributed by atoms with E-state index in [1.165, 1.54) is 19.3 Å². The first-order chi connectivity index (χ1) is 13.0. The molecule has 1 amide bonds. The van der Waals surface area contributed by atoms with Crippen LogP contribution < -0.4 is 5.43 Å². The van der Waals surface area contributed by atoms with Crippen LogP contribution in [0.15, 0.2) is 5.10 Å². The van der Waals surface area contributed by atoms with Gasteiger partial charge in [0.25, 0.3) is 0 Å². The van der Waals surface area contributed by atoms with Gasteiger partial charge in [-0.1, -0.05) is 13.8 Å². The van der Waals surface area contributed by atoms with E-state index < -0.39 is 21.3 Å². The number of hydrogen-bond acceptors (Lipinski definition) is 5. The molecule has 0 heterocycles. The van der Waals surface area contributed by atoms with Gasteiger partial charge in [0.15, 0.2) is 0 Å². The van der Waals surface area contributed by atoms with Gasteiger partial charge in [-0.2, -0.15) is 5.10 Å². The molecular formula is C21H31N2O4S-. The Kier molecular flexibility index (Phi) is 3.95. The lowest BCUT2D eigenvalue weighted by Crippen LogP contribution is -2.53. The normalized spacial score (nSPS) is 47.0. The molecule has 0 aliphatic heterocycles. The fourth-order valence-corrected chi connectivity index (χ4v) is 9.50. The Labute approximate surface area is 167 Å². The second kappa shape index (κ2) is 5.81. The van der Waals surface area contributed by atoms with Gasteiger partial charge in [-0.3, -0.25) is 4.79 Å². The summed E-state index contributed by atoms with van der Waals surface area (Å²) in [5, 5.41) is 4.53. The summed E-state index contributed by atoms with van der Waals surface area (Å²) in [5.74, 6) is 1.99. The lowest BCUT2D eigenvalue weighted by Gasteiger charge is -2.55. The highest BCUT2D eigenvalue weighted by molar-refractivity contribution is 7.85. The monoisotopic (exact) mass is 407 g/mol. The molecule has 6 rings (SSSR count). The van der Waals surface area contributed by atoms with E-state index in [1.807, 2.05) is 0 Å². The van der Waals surface area contributed by atoms with Crippen molar-refractivity contribution in [2.45, 2.75) is 71.6 Å². The number of hydrogen-bond donors (Lipinski definition) is 1. The highest BCUT2D eigenvalue weighted by atomic mass is 32.2. The Morgan fingerprint density at radius 3 is 2.21 bits per heavy atom. The molecule has 7 heteroatoms. The van der Waals surface area contributed by atoms with E-state index in [-0.39, 0.29) is 16.7 Å². The number of carbonyl (C=O) groups excluding carboxylic acids is 1. The molecule has 0 radical (unpaired) electrons. The number of hydrazone groups is 1. The quantitative estimate of drug-likeness (QED) is 0.572. The number of nitrogens with one attached hydrogen (secondary N) is 1. The maximum atomic E-state index is 13.2. The van der Waals surface area contributed by atoms with Gasteiger partial charge in [-0.25, -0.2) is 13.8 Å². The van der Waals surface area contributed by atoms with Gasteiger partial charge in [-0.05, 0) is 86.9 Å². The fourth-order valence-electron chi connectivity index (χ4n) is 8.22. The number of rotatable bonds is 4. The smallest absolute Gasteiger partial charge is 0.246 e. The molecule has 0 saturated heterocycles. The predicted octanol–water partition coefficient (Wildman–Crippen LogP) is 3.05. The van der Waals surface area contributed by atoms with Gasteiger partial charge in [0.2, 0.25) is 5.91 Å². The highest BCUT2D eigenvalue weighted by Gasteiger charge is 2.63. The summed E-state index contributed by atoms with van der Waals surface area (Å²) in [5.41, 5.74) is 2.31. The molecular weight excluding hydrogens is 376 g/mol. The largest absolute Gasteiger partial charge is 0.748 e. The Balaban J connectivity index is 1.40. The minimum Gasteiger partial charge on any atom is -0.748 e. The Morgan fingerprint density at radius 2 is 1.71 bits per heavy atom. The SMILES string of the molecule is CC1(C)[C@@H]2CC[C@]1(CS(=O)(=O)[O-])/C(=N\NC(=O)C13CC4CC(CC(C4)C1)C3)C2. The fraction of sp³-hybridized carbons (Fsp3) is 0.905. The van der Waals surface area contributed by atoms with Crippen molar-refractivity contribution in [1.82, 2.24) is 5.43 Å². The van der Waals surface area contributed by atoms with Crippen molar-refractivity contribution >= 4 is 21.7 Å². The molecule has 0 aromatic carbocycles. The van der Waals surface area contributed by atoms with Crippen LogP contribution in [0.3, 0.4) is 0 Å². The van der Waals surface area contributed by atoms with Crippen LogP contribution in [0.5, 0.6) is 0 Å². The lowest BCUT2D eigenvalue weighted by atomic mass is 9.49. The molecule has 156 valence electrons. The Hall–Kier alpha value is -0.950. The Morgan fingerprint density at radius 1 is 1.14 bits per heavy atom. The second-order valence-electron chi connectivity index (χ2n) is 11.1. The number of fused-ring (bicyclic) bond motifs is 2. The molecule has 1 N–H and O–H groups in total. The summed E-state index contributed by atoms with van der Waals surface area (Å²) in [6.07, 6.45) is 9.04. The van der Waals surface area contributed by atoms with Crippen molar-refractivity contribution in [3.05, 3.63) is 0 Å². The van der Waals surface area contributed by atoms with Gasteiger partial charge in [0, 0.05) is 16.9 Å². The summed E-state index contributed by atoms with van der Waals surface area (Å²) >= 11 is 0. The Bertz CT molecular complexity index is 811. The third-order valence-corrected chi connectivity index (χ3v) is 10.2. The summed E-state index contributed by atoms with van der Waals surface area (Å²) < 4.78 is 35.0. The molecule has 6 aliphatic carbocycles. The molecule has 6 saturated carbocycles. The van der Waals surface area contributed by atoms with Crippen LogP contribution in [0.1, 0.15) is 71.6 Å². The van der Waals surface area contributed by atoms with Crippen LogP contribution in [-0.4, -0.2) is 30.3 Å². The van der Waals surface area contributed by atoms with Gasteiger partial charge in [0.1, 0.15) is 0 Å². The highest BCUT2D eigenvalue weighted by Crippen LogP contribution is 2.65. The minimum atomic E-state index is -4.37. The van der Waals surface area contributed by atoms with E-state index >= 15 is 0 Å². The van der Waals surface area contributed by atoms with Crippen molar-refractivity contribution in [2.75, 3.05) is 5.75 Å². The van der Waals surface area contributed by atoms with E-state index in [4.69, 9.17) is 0 Å². The van der Waals surface area contributed by atoms with Crippen LogP contribution in [0.2, 0.25) is 0 Å². The second-order valence-corrected chi connectivity index (χ2v) is 12.5. The first kappa shape index (κ1) is 19.0. The van der Waals surface area contributed by atoms with Crippen LogP contribution in [-0.2, 0) is 14.9 Å². The zero-order valence-corrected chi connectivity index (χ0v) is 17.7. The van der Waals surface area contributed by atoms with Gasteiger partial charge in [0.05, 0.1) is 15.5 Å². The molecule has 0 aromatic rings. The van der Waals surface area contributed by atoms with E-state index in [1.54, 1.807) is 0 Å². The topological polar surface area (TPSA) is 98.7 Å². The van der Waals surface area contributed by atoms with Crippen LogP contribution in [0.4, 0.5) is 0 Å². The summed E-state index contributed by atoms with van der Waals surface area (Å²) in [4.78, 5) is 13.2. The third kappa shape index (κ3) is 2.64. The molecule has 2 atom stereocenters. The molecule has 6 aliphatic rings. The molecule has 6 bridgehead atoms. The number of amides is 1. The standard InChI is InChI=1S/C21H32N2O4S/c1-19(2)16-3-4-21(19,12-28(25,26)27)17(8-16)22-23-18(24)20-9-13-5-14(10-20)7-15(6-13)11-20/h13-16H,3-12H2,1-2H3,(H,23,24)(H,25,26,27)/p-1/b22-17-/t13?,14?,15?,16-,20?,21+/m1/s1. The van der Waals surface area contributed by atoms with Crippen molar-refractivity contribution in [1.29, 1.82) is 0 Å². The minimum absolute atomic E-state index is 0.0276. The van der Waals surface area contributed by atoms with Crippen molar-refractivity contribution < 1.29 is 17.8 Å². The van der Waals surface area contributed by atoms with Crippen LogP contribution in [0.25, 0.3) is 0 Å². The first-order valence-electron chi connectivity index (χ1n) is 10.8. The zero-order chi connectivity index (χ0) is 19.9. The predicted molar refractivity (Wildman–Crippen MR) is 104 cm³/mol. The molecule has 0 unspecified atom stereocenters. The molecule has 28 heavy (non-hydrogen) atoms. The summed E-state index contributed by atoms with van der Waals surface area (Å²) in [7, 11) is -4.37. The maximum absolute atomic E-state index is 13.2. The van der Waals surface area contributed by atoms with Crippen LogP contribution >= 0.6 is 0 Å². The van der Waals surface area contributed by atoms with Crippen molar-refractivity contribution in [2.24, 2.45) is 45.0 Å². The zero-order valence-electron chi connectivity index (χ0n) is 16.9. The lowest BCUT2D eigenvalue weighted by molar-refractivity contribution is -0.146. The molecule has 6 nitrogen and oxygen atoms in total. The third-order valence-electron chi connectivity index (χ3n) is 9.40. The average molecular weight is 408 g/mol. The van der Waals surface area contributed by atoms with E-state index in [2.05, 4.69) is 24.4 Å². The maximum Gasteiger partial charge on any atom is 0.246 e. The molecule has 6 fully saturated rings. The average Bonchev–Trinajstić information content (AvgIpc) is 2.91. The van der Waals surface area contributed by atoms with E-state index in [0.717, 1.165) is 31.4 Å². The van der Waals surface area contributed by atoms with Gasteiger partial charge in [-0.15, -0.1) is 0 Å². The van der Waals surface area contributed by atoms with Crippen LogP contribution in [0, 0.1) is 39.9 Å². The van der Waals surface area contributed by atoms with Crippen molar-refractivity contribution in [3.63, 3.8) is 0 Å². The van der Waals surface area contributed by atoms with E-state index in [0.29, 0.717) is 36.5 Å².